The monoisotopic (exact) mass is 441 g/mol. The standard InChI is InChI=1S/C30H35NO2/c1-23(26-13-7-3-8-14-26)29(32)28(30(33)27-15-9-4-10-16-27)21-24-17-19-31(20-18-24)22-25-11-5-2-6-12-25/h2-16,23-24,28,30,33H,17-22H2,1H3. The van der Waals surface area contributed by atoms with Crippen LogP contribution in [-0.4, -0.2) is 28.9 Å². The van der Waals surface area contributed by atoms with Crippen LogP contribution in [0.15, 0.2) is 91.0 Å². The van der Waals surface area contributed by atoms with Crippen LogP contribution < -0.4 is 0 Å². The van der Waals surface area contributed by atoms with Gasteiger partial charge < -0.3 is 5.11 Å². The Bertz CT molecular complexity index is 982. The van der Waals surface area contributed by atoms with Gasteiger partial charge in [0.2, 0.25) is 0 Å². The molecule has 4 rings (SSSR count). The number of likely N-dealkylation sites (tertiary alicyclic amines) is 1. The van der Waals surface area contributed by atoms with Crippen LogP contribution in [-0.2, 0) is 11.3 Å². The minimum Gasteiger partial charge on any atom is -0.388 e. The molecule has 33 heavy (non-hydrogen) atoms. The van der Waals surface area contributed by atoms with Crippen molar-refractivity contribution in [2.24, 2.45) is 11.8 Å². The van der Waals surface area contributed by atoms with E-state index >= 15 is 0 Å². The number of ketones is 1. The Kier molecular flexibility index (Phi) is 8.09. The van der Waals surface area contributed by atoms with Gasteiger partial charge in [-0.05, 0) is 55.0 Å². The fourth-order valence-corrected chi connectivity index (χ4v) is 5.09. The lowest BCUT2D eigenvalue weighted by Gasteiger charge is -2.35. The summed E-state index contributed by atoms with van der Waals surface area (Å²) in [4.78, 5) is 16.2. The van der Waals surface area contributed by atoms with Gasteiger partial charge in [0.05, 0.1) is 6.10 Å². The number of Topliss-reactive ketones (excluding diaryl/α,β-unsaturated/α-hetero) is 1. The van der Waals surface area contributed by atoms with E-state index in [1.54, 1.807) is 0 Å². The number of carbonyl (C=O) groups excluding carboxylic acids is 1. The molecule has 0 saturated carbocycles. The Balaban J connectivity index is 1.44. The van der Waals surface area contributed by atoms with Gasteiger partial charge in [0.25, 0.3) is 0 Å². The summed E-state index contributed by atoms with van der Waals surface area (Å²) in [5, 5.41) is 11.3. The molecule has 0 radical (unpaired) electrons. The highest BCUT2D eigenvalue weighted by Gasteiger charge is 2.34. The van der Waals surface area contributed by atoms with Gasteiger partial charge >= 0.3 is 0 Å². The van der Waals surface area contributed by atoms with E-state index in [9.17, 15) is 9.90 Å². The summed E-state index contributed by atoms with van der Waals surface area (Å²) in [7, 11) is 0. The molecule has 1 heterocycles. The van der Waals surface area contributed by atoms with E-state index in [0.29, 0.717) is 5.92 Å². The summed E-state index contributed by atoms with van der Waals surface area (Å²) in [5.74, 6) is -0.0300. The lowest BCUT2D eigenvalue weighted by molar-refractivity contribution is -0.128. The topological polar surface area (TPSA) is 40.5 Å². The highest BCUT2D eigenvalue weighted by molar-refractivity contribution is 5.88. The first-order valence-electron chi connectivity index (χ1n) is 12.2. The molecule has 3 aromatic rings. The zero-order valence-corrected chi connectivity index (χ0v) is 19.5. The van der Waals surface area contributed by atoms with Gasteiger partial charge in [-0.2, -0.15) is 0 Å². The van der Waals surface area contributed by atoms with E-state index in [1.807, 2.05) is 67.6 Å². The lowest BCUT2D eigenvalue weighted by atomic mass is 9.76. The van der Waals surface area contributed by atoms with Crippen molar-refractivity contribution in [2.45, 2.75) is 44.8 Å². The number of aliphatic hydroxyl groups is 1. The van der Waals surface area contributed by atoms with Crippen LogP contribution in [0.2, 0.25) is 0 Å². The van der Waals surface area contributed by atoms with Crippen LogP contribution in [0.3, 0.4) is 0 Å². The molecule has 1 N–H and O–H groups in total. The van der Waals surface area contributed by atoms with Crippen LogP contribution in [0.1, 0.15) is 54.9 Å². The number of nitrogens with zero attached hydrogens (tertiary/aromatic N) is 1. The summed E-state index contributed by atoms with van der Waals surface area (Å²) in [5.41, 5.74) is 3.20. The Morgan fingerprint density at radius 2 is 1.36 bits per heavy atom. The summed E-state index contributed by atoms with van der Waals surface area (Å²) in [6.45, 7) is 5.03. The van der Waals surface area contributed by atoms with Crippen LogP contribution >= 0.6 is 0 Å². The summed E-state index contributed by atoms with van der Waals surface area (Å²) in [6.07, 6.45) is 2.10. The Hall–Kier alpha value is -2.75. The van der Waals surface area contributed by atoms with Crippen LogP contribution in [0.25, 0.3) is 0 Å². The molecule has 0 amide bonds. The zero-order valence-electron chi connectivity index (χ0n) is 19.5. The van der Waals surface area contributed by atoms with Crippen molar-refractivity contribution >= 4 is 5.78 Å². The van der Waals surface area contributed by atoms with Crippen molar-refractivity contribution in [3.05, 3.63) is 108 Å². The second-order valence-corrected chi connectivity index (χ2v) is 9.44. The maximum absolute atomic E-state index is 13.7. The number of hydrogen-bond donors (Lipinski definition) is 1. The molecule has 3 heteroatoms. The molecule has 0 aliphatic carbocycles. The highest BCUT2D eigenvalue weighted by atomic mass is 16.3. The third kappa shape index (κ3) is 6.19. The molecular weight excluding hydrogens is 406 g/mol. The molecule has 0 bridgehead atoms. The van der Waals surface area contributed by atoms with Gasteiger partial charge in [-0.3, -0.25) is 9.69 Å². The van der Waals surface area contributed by atoms with E-state index in [1.165, 1.54) is 5.56 Å². The Labute approximate surface area is 198 Å². The molecular formula is C30H35NO2. The second-order valence-electron chi connectivity index (χ2n) is 9.44. The number of benzene rings is 3. The molecule has 0 aromatic heterocycles. The smallest absolute Gasteiger partial charge is 0.146 e. The molecule has 3 aromatic carbocycles. The SMILES string of the molecule is CC(C(=O)C(CC1CCN(Cc2ccccc2)CC1)C(O)c1ccccc1)c1ccccc1. The molecule has 1 fully saturated rings. The van der Waals surface area contributed by atoms with Crippen molar-refractivity contribution in [3.8, 4) is 0 Å². The molecule has 3 nitrogen and oxygen atoms in total. The van der Waals surface area contributed by atoms with Crippen LogP contribution in [0.4, 0.5) is 0 Å². The average molecular weight is 442 g/mol. The Morgan fingerprint density at radius 1 is 0.848 bits per heavy atom. The van der Waals surface area contributed by atoms with E-state index < -0.39 is 12.0 Å². The number of aliphatic hydroxyl groups excluding tert-OH is 1. The zero-order chi connectivity index (χ0) is 23.0. The number of carbonyl (C=O) groups is 1. The normalized spacial score (nSPS) is 17.9. The fraction of sp³-hybridized carbons (Fsp3) is 0.367. The maximum atomic E-state index is 13.7. The molecule has 172 valence electrons. The van der Waals surface area contributed by atoms with E-state index in [-0.39, 0.29) is 11.7 Å². The van der Waals surface area contributed by atoms with Gasteiger partial charge in [0.15, 0.2) is 0 Å². The first-order valence-corrected chi connectivity index (χ1v) is 12.2. The maximum Gasteiger partial charge on any atom is 0.146 e. The average Bonchev–Trinajstić information content (AvgIpc) is 2.88. The summed E-state index contributed by atoms with van der Waals surface area (Å²) in [6, 6.07) is 30.2. The largest absolute Gasteiger partial charge is 0.388 e. The van der Waals surface area contributed by atoms with Crippen LogP contribution in [0, 0.1) is 11.8 Å². The molecule has 1 saturated heterocycles. The van der Waals surface area contributed by atoms with Crippen molar-refractivity contribution in [2.75, 3.05) is 13.1 Å². The van der Waals surface area contributed by atoms with E-state index in [2.05, 4.69) is 35.2 Å². The molecule has 1 aliphatic rings. The number of hydrogen-bond acceptors (Lipinski definition) is 3. The van der Waals surface area contributed by atoms with E-state index in [0.717, 1.165) is 50.0 Å². The lowest BCUT2D eigenvalue weighted by Crippen LogP contribution is -2.36. The van der Waals surface area contributed by atoms with Gasteiger partial charge in [-0.1, -0.05) is 97.9 Å². The van der Waals surface area contributed by atoms with Gasteiger partial charge in [-0.25, -0.2) is 0 Å². The van der Waals surface area contributed by atoms with E-state index in [4.69, 9.17) is 0 Å². The number of rotatable bonds is 9. The third-order valence-electron chi connectivity index (χ3n) is 7.16. The quantitative estimate of drug-likeness (QED) is 0.442. The van der Waals surface area contributed by atoms with Crippen molar-refractivity contribution in [3.63, 3.8) is 0 Å². The van der Waals surface area contributed by atoms with Gasteiger partial charge in [0.1, 0.15) is 5.78 Å². The van der Waals surface area contributed by atoms with Crippen molar-refractivity contribution in [1.82, 2.24) is 4.90 Å². The Morgan fingerprint density at radius 3 is 1.94 bits per heavy atom. The highest BCUT2D eigenvalue weighted by Crippen LogP contribution is 2.36. The summed E-state index contributed by atoms with van der Waals surface area (Å²) < 4.78 is 0. The minimum absolute atomic E-state index is 0.143. The fourth-order valence-electron chi connectivity index (χ4n) is 5.09. The molecule has 0 spiro atoms. The number of piperidine rings is 1. The first-order chi connectivity index (χ1) is 16.1. The molecule has 3 atom stereocenters. The summed E-state index contributed by atoms with van der Waals surface area (Å²) >= 11 is 0. The van der Waals surface area contributed by atoms with Gasteiger partial charge in [0, 0.05) is 18.4 Å². The third-order valence-corrected chi connectivity index (χ3v) is 7.16. The van der Waals surface area contributed by atoms with Crippen molar-refractivity contribution < 1.29 is 9.90 Å². The predicted octanol–water partition coefficient (Wildman–Crippen LogP) is 6.01. The molecule has 1 aliphatic heterocycles. The first kappa shape index (κ1) is 23.4. The van der Waals surface area contributed by atoms with Crippen LogP contribution in [0.5, 0.6) is 0 Å². The molecule has 3 unspecified atom stereocenters. The second kappa shape index (κ2) is 11.4. The predicted molar refractivity (Wildman–Crippen MR) is 134 cm³/mol. The minimum atomic E-state index is -0.771. The van der Waals surface area contributed by atoms with Crippen molar-refractivity contribution in [1.29, 1.82) is 0 Å². The van der Waals surface area contributed by atoms with Gasteiger partial charge in [-0.15, -0.1) is 0 Å².